The van der Waals surface area contributed by atoms with Crippen LogP contribution in [0.5, 0.6) is 0 Å². The lowest BCUT2D eigenvalue weighted by Crippen LogP contribution is -2.54. The summed E-state index contributed by atoms with van der Waals surface area (Å²) in [4.78, 5) is 0. The van der Waals surface area contributed by atoms with E-state index in [9.17, 15) is 4.39 Å². The molecule has 2 rings (SSSR count). The molecule has 0 saturated carbocycles. The fourth-order valence-electron chi connectivity index (χ4n) is 2.48. The van der Waals surface area contributed by atoms with E-state index in [1.165, 1.54) is 6.07 Å². The number of hydrogen-bond acceptors (Lipinski definition) is 1. The summed E-state index contributed by atoms with van der Waals surface area (Å²) in [5, 5.41) is 3.84. The van der Waals surface area contributed by atoms with Gasteiger partial charge in [-0.1, -0.05) is 31.0 Å². The molecule has 0 radical (unpaired) electrons. The summed E-state index contributed by atoms with van der Waals surface area (Å²) in [6.45, 7) is 4.13. The van der Waals surface area contributed by atoms with Crippen LogP contribution in [0.3, 0.4) is 0 Å². The molecule has 88 valence electrons. The summed E-state index contributed by atoms with van der Waals surface area (Å²) >= 11 is 6.06. The van der Waals surface area contributed by atoms with Gasteiger partial charge in [-0.2, -0.15) is 0 Å². The molecule has 0 unspecified atom stereocenters. The van der Waals surface area contributed by atoms with Gasteiger partial charge in [-0.05, 0) is 30.4 Å². The summed E-state index contributed by atoms with van der Waals surface area (Å²) < 4.78 is 13.7. The van der Waals surface area contributed by atoms with Crippen molar-refractivity contribution in [2.24, 2.45) is 5.41 Å². The average molecular weight is 242 g/mol. The Morgan fingerprint density at radius 1 is 1.44 bits per heavy atom. The molecule has 1 saturated heterocycles. The Kier molecular flexibility index (Phi) is 3.50. The van der Waals surface area contributed by atoms with Crippen LogP contribution in [0.15, 0.2) is 18.2 Å². The van der Waals surface area contributed by atoms with Crippen molar-refractivity contribution in [3.63, 3.8) is 0 Å². The highest BCUT2D eigenvalue weighted by atomic mass is 35.5. The van der Waals surface area contributed by atoms with Crippen LogP contribution in [0.1, 0.15) is 25.3 Å². The maximum absolute atomic E-state index is 13.7. The topological polar surface area (TPSA) is 12.0 Å². The lowest BCUT2D eigenvalue weighted by Gasteiger charge is -2.43. The van der Waals surface area contributed by atoms with Gasteiger partial charge in [0.2, 0.25) is 0 Å². The van der Waals surface area contributed by atoms with E-state index in [4.69, 9.17) is 11.6 Å². The highest BCUT2D eigenvalue weighted by Gasteiger charge is 2.37. The minimum Gasteiger partial charge on any atom is -0.316 e. The third-order valence-corrected chi connectivity index (χ3v) is 3.75. The van der Waals surface area contributed by atoms with E-state index >= 15 is 0 Å². The highest BCUT2D eigenvalue weighted by molar-refractivity contribution is 6.31. The summed E-state index contributed by atoms with van der Waals surface area (Å²) in [7, 11) is 0. The molecule has 0 bridgehead atoms. The minimum absolute atomic E-state index is 0.171. The molecule has 1 aliphatic heterocycles. The first-order chi connectivity index (χ1) is 7.67. The second-order valence-corrected chi connectivity index (χ2v) is 5.14. The van der Waals surface area contributed by atoms with Gasteiger partial charge in [0, 0.05) is 23.7 Å². The normalized spacial score (nSPS) is 18.2. The summed E-state index contributed by atoms with van der Waals surface area (Å²) in [6.07, 6.45) is 3.01. The second-order valence-electron chi connectivity index (χ2n) is 4.73. The van der Waals surface area contributed by atoms with Gasteiger partial charge in [0.15, 0.2) is 0 Å². The fourth-order valence-corrected chi connectivity index (χ4v) is 2.71. The van der Waals surface area contributed by atoms with Crippen molar-refractivity contribution in [1.82, 2.24) is 5.32 Å². The molecule has 3 heteroatoms. The quantitative estimate of drug-likeness (QED) is 0.852. The zero-order chi connectivity index (χ0) is 11.6. The Labute approximate surface area is 101 Å². The van der Waals surface area contributed by atoms with E-state index < -0.39 is 0 Å². The standard InChI is InChI=1S/C13H17ClFN/c1-2-6-13(8-16-9-13)7-10-11(14)4-3-5-12(10)15/h3-5,16H,2,6-9H2,1H3. The van der Waals surface area contributed by atoms with Crippen molar-refractivity contribution in [3.05, 3.63) is 34.6 Å². The van der Waals surface area contributed by atoms with Gasteiger partial charge in [-0.3, -0.25) is 0 Å². The molecule has 0 aliphatic carbocycles. The van der Waals surface area contributed by atoms with Crippen molar-refractivity contribution >= 4 is 11.6 Å². The van der Waals surface area contributed by atoms with Crippen LogP contribution in [0.4, 0.5) is 4.39 Å². The average Bonchev–Trinajstić information content (AvgIpc) is 2.20. The highest BCUT2D eigenvalue weighted by Crippen LogP contribution is 2.35. The fraction of sp³-hybridized carbons (Fsp3) is 0.538. The van der Waals surface area contributed by atoms with Crippen LogP contribution < -0.4 is 5.32 Å². The third-order valence-electron chi connectivity index (χ3n) is 3.39. The van der Waals surface area contributed by atoms with Crippen LogP contribution in [0, 0.1) is 11.2 Å². The molecular formula is C13H17ClFN. The zero-order valence-corrected chi connectivity index (χ0v) is 10.3. The van der Waals surface area contributed by atoms with E-state index in [1.54, 1.807) is 12.1 Å². The predicted octanol–water partition coefficient (Wildman–Crippen LogP) is 3.41. The Bertz CT molecular complexity index is 354. The number of halogens is 2. The Balaban J connectivity index is 2.19. The van der Waals surface area contributed by atoms with Gasteiger partial charge < -0.3 is 5.32 Å². The number of benzene rings is 1. The van der Waals surface area contributed by atoms with E-state index in [2.05, 4.69) is 12.2 Å². The van der Waals surface area contributed by atoms with E-state index in [1.807, 2.05) is 0 Å². The molecule has 0 amide bonds. The SMILES string of the molecule is CCCC1(Cc2c(F)cccc2Cl)CNC1. The molecule has 1 aliphatic rings. The Morgan fingerprint density at radius 3 is 2.69 bits per heavy atom. The smallest absolute Gasteiger partial charge is 0.127 e. The Morgan fingerprint density at radius 2 is 2.19 bits per heavy atom. The van der Waals surface area contributed by atoms with Crippen molar-refractivity contribution in [2.75, 3.05) is 13.1 Å². The third kappa shape index (κ3) is 2.23. The van der Waals surface area contributed by atoms with Gasteiger partial charge in [-0.25, -0.2) is 4.39 Å². The largest absolute Gasteiger partial charge is 0.316 e. The van der Waals surface area contributed by atoms with Crippen LogP contribution in [-0.2, 0) is 6.42 Å². The summed E-state index contributed by atoms with van der Waals surface area (Å²) in [5.41, 5.74) is 0.903. The first-order valence-corrected chi connectivity index (χ1v) is 6.18. The van der Waals surface area contributed by atoms with Crippen molar-refractivity contribution in [3.8, 4) is 0 Å². The van der Waals surface area contributed by atoms with Gasteiger partial charge >= 0.3 is 0 Å². The van der Waals surface area contributed by atoms with Crippen LogP contribution in [0.25, 0.3) is 0 Å². The van der Waals surface area contributed by atoms with Crippen LogP contribution >= 0.6 is 11.6 Å². The number of nitrogens with one attached hydrogen (secondary N) is 1. The molecular weight excluding hydrogens is 225 g/mol. The molecule has 0 spiro atoms. The first-order valence-electron chi connectivity index (χ1n) is 5.80. The van der Waals surface area contributed by atoms with Gasteiger partial charge in [0.05, 0.1) is 0 Å². The zero-order valence-electron chi connectivity index (χ0n) is 9.52. The van der Waals surface area contributed by atoms with E-state index in [0.717, 1.165) is 32.4 Å². The predicted molar refractivity (Wildman–Crippen MR) is 65.3 cm³/mol. The van der Waals surface area contributed by atoms with Gasteiger partial charge in [0.25, 0.3) is 0 Å². The first kappa shape index (κ1) is 11.9. The van der Waals surface area contributed by atoms with Gasteiger partial charge in [0.1, 0.15) is 5.82 Å². The molecule has 16 heavy (non-hydrogen) atoms. The molecule has 1 heterocycles. The van der Waals surface area contributed by atoms with Crippen molar-refractivity contribution in [2.45, 2.75) is 26.2 Å². The maximum Gasteiger partial charge on any atom is 0.127 e. The Hall–Kier alpha value is -0.600. The molecule has 1 aromatic carbocycles. The van der Waals surface area contributed by atoms with E-state index in [0.29, 0.717) is 10.6 Å². The van der Waals surface area contributed by atoms with Crippen molar-refractivity contribution < 1.29 is 4.39 Å². The monoisotopic (exact) mass is 241 g/mol. The maximum atomic E-state index is 13.7. The second kappa shape index (κ2) is 4.72. The van der Waals surface area contributed by atoms with Gasteiger partial charge in [-0.15, -0.1) is 0 Å². The summed E-state index contributed by atoms with van der Waals surface area (Å²) in [6, 6.07) is 4.92. The van der Waals surface area contributed by atoms with Crippen molar-refractivity contribution in [1.29, 1.82) is 0 Å². The molecule has 1 nitrogen and oxygen atoms in total. The minimum atomic E-state index is -0.171. The molecule has 0 aromatic heterocycles. The molecule has 1 fully saturated rings. The molecule has 1 aromatic rings. The molecule has 1 N–H and O–H groups in total. The lowest BCUT2D eigenvalue weighted by molar-refractivity contribution is 0.149. The summed E-state index contributed by atoms with van der Waals surface area (Å²) in [5.74, 6) is -0.171. The lowest BCUT2D eigenvalue weighted by atomic mass is 9.73. The van der Waals surface area contributed by atoms with Crippen LogP contribution in [-0.4, -0.2) is 13.1 Å². The number of rotatable bonds is 4. The number of hydrogen-bond donors (Lipinski definition) is 1. The van der Waals surface area contributed by atoms with E-state index in [-0.39, 0.29) is 11.2 Å². The molecule has 0 atom stereocenters. The van der Waals surface area contributed by atoms with Crippen LogP contribution in [0.2, 0.25) is 5.02 Å².